The predicted molar refractivity (Wildman–Crippen MR) is 78.0 cm³/mol. The van der Waals surface area contributed by atoms with E-state index in [1.165, 1.54) is 0 Å². The zero-order chi connectivity index (χ0) is 14.5. The fraction of sp³-hybridized carbons (Fsp3) is 0.571. The summed E-state index contributed by atoms with van der Waals surface area (Å²) in [5.74, 6) is 0.931. The van der Waals surface area contributed by atoms with Gasteiger partial charge in [-0.15, -0.1) is 0 Å². The van der Waals surface area contributed by atoms with E-state index < -0.39 is 10.0 Å². The largest absolute Gasteiger partial charge is 0.496 e. The van der Waals surface area contributed by atoms with E-state index in [2.05, 4.69) is 4.72 Å². The third-order valence-corrected chi connectivity index (χ3v) is 4.36. The van der Waals surface area contributed by atoms with Crippen molar-refractivity contribution in [2.24, 2.45) is 0 Å². The number of ether oxygens (including phenoxy) is 1. The highest BCUT2D eigenvalue weighted by Crippen LogP contribution is 2.25. The van der Waals surface area contributed by atoms with E-state index in [4.69, 9.17) is 4.74 Å². The molecule has 0 bridgehead atoms. The molecular formula is C14H23NO3S. The van der Waals surface area contributed by atoms with Gasteiger partial charge in [-0.3, -0.25) is 0 Å². The quantitative estimate of drug-likeness (QED) is 0.837. The molecule has 1 aromatic carbocycles. The Bertz CT molecular complexity index is 524. The first-order valence-corrected chi connectivity index (χ1v) is 8.16. The molecule has 0 atom stereocenters. The number of sulfonamides is 1. The number of unbranched alkanes of at least 4 members (excludes halogenated alkanes) is 1. The van der Waals surface area contributed by atoms with Crippen LogP contribution in [-0.2, 0) is 16.6 Å². The van der Waals surface area contributed by atoms with Gasteiger partial charge in [-0.2, -0.15) is 0 Å². The lowest BCUT2D eigenvalue weighted by Crippen LogP contribution is -2.26. The molecule has 0 heterocycles. The molecule has 0 aliphatic carbocycles. The zero-order valence-electron chi connectivity index (χ0n) is 12.1. The fourth-order valence-electron chi connectivity index (χ4n) is 2.06. The summed E-state index contributed by atoms with van der Waals surface area (Å²) in [6.07, 6.45) is 1.55. The highest BCUT2D eigenvalue weighted by molar-refractivity contribution is 7.89. The van der Waals surface area contributed by atoms with Crippen LogP contribution in [0.5, 0.6) is 5.75 Å². The molecule has 1 aromatic rings. The van der Waals surface area contributed by atoms with Crippen LogP contribution in [0.4, 0.5) is 0 Å². The third kappa shape index (κ3) is 4.84. The lowest BCUT2D eigenvalue weighted by atomic mass is 10.1. The maximum Gasteiger partial charge on any atom is 0.211 e. The van der Waals surface area contributed by atoms with E-state index in [0.29, 0.717) is 6.42 Å². The van der Waals surface area contributed by atoms with Crippen molar-refractivity contribution in [1.29, 1.82) is 0 Å². The summed E-state index contributed by atoms with van der Waals surface area (Å²) in [6, 6.07) is 3.97. The second-order valence-corrected chi connectivity index (χ2v) is 6.69. The molecule has 1 rings (SSSR count). The van der Waals surface area contributed by atoms with E-state index in [9.17, 15) is 8.42 Å². The normalized spacial score (nSPS) is 11.6. The number of aryl methyl sites for hydroxylation is 2. The van der Waals surface area contributed by atoms with Crippen LogP contribution < -0.4 is 9.46 Å². The lowest BCUT2D eigenvalue weighted by Gasteiger charge is -2.13. The van der Waals surface area contributed by atoms with Crippen molar-refractivity contribution in [2.75, 3.05) is 12.9 Å². The molecule has 0 aliphatic rings. The number of benzene rings is 1. The van der Waals surface area contributed by atoms with E-state index in [1.807, 2.05) is 32.9 Å². The Hall–Kier alpha value is -1.07. The van der Waals surface area contributed by atoms with E-state index in [-0.39, 0.29) is 12.3 Å². The fourth-order valence-corrected chi connectivity index (χ4v) is 3.25. The number of nitrogens with one attached hydrogen (secondary N) is 1. The van der Waals surface area contributed by atoms with Gasteiger partial charge in [0.25, 0.3) is 0 Å². The van der Waals surface area contributed by atoms with Gasteiger partial charge in [-0.1, -0.05) is 31.0 Å². The molecule has 1 N–H and O–H groups in total. The minimum Gasteiger partial charge on any atom is -0.496 e. The van der Waals surface area contributed by atoms with E-state index in [0.717, 1.165) is 28.9 Å². The Morgan fingerprint density at radius 1 is 1.26 bits per heavy atom. The van der Waals surface area contributed by atoms with Crippen LogP contribution in [-0.4, -0.2) is 21.3 Å². The van der Waals surface area contributed by atoms with Crippen LogP contribution in [0, 0.1) is 13.8 Å². The molecule has 0 amide bonds. The molecule has 0 unspecified atom stereocenters. The van der Waals surface area contributed by atoms with Gasteiger partial charge in [0.1, 0.15) is 5.75 Å². The predicted octanol–water partition coefficient (Wildman–Crippen LogP) is 2.53. The number of hydrogen-bond acceptors (Lipinski definition) is 3. The van der Waals surface area contributed by atoms with Crippen molar-refractivity contribution in [2.45, 2.75) is 40.2 Å². The summed E-state index contributed by atoms with van der Waals surface area (Å²) in [4.78, 5) is 0. The standard InChI is InChI=1S/C14H23NO3S/c1-5-6-7-19(16,17)15-10-13-9-11(2)8-12(3)14(13)18-4/h8-9,15H,5-7,10H2,1-4H3. The van der Waals surface area contributed by atoms with Crippen LogP contribution >= 0.6 is 0 Å². The van der Waals surface area contributed by atoms with Crippen molar-refractivity contribution in [3.05, 3.63) is 28.8 Å². The zero-order valence-corrected chi connectivity index (χ0v) is 12.9. The second-order valence-electron chi connectivity index (χ2n) is 4.77. The minimum absolute atomic E-state index is 0.177. The van der Waals surface area contributed by atoms with Crippen molar-refractivity contribution >= 4 is 10.0 Å². The van der Waals surface area contributed by atoms with Gasteiger partial charge in [0.2, 0.25) is 10.0 Å². The summed E-state index contributed by atoms with van der Waals surface area (Å²) in [5.41, 5.74) is 2.99. The first-order chi connectivity index (χ1) is 8.89. The van der Waals surface area contributed by atoms with Gasteiger partial charge in [0, 0.05) is 12.1 Å². The van der Waals surface area contributed by atoms with E-state index in [1.54, 1.807) is 7.11 Å². The number of hydrogen-bond donors (Lipinski definition) is 1. The van der Waals surface area contributed by atoms with Gasteiger partial charge in [0.05, 0.1) is 12.9 Å². The molecule has 0 saturated heterocycles. The average Bonchev–Trinajstić information content (AvgIpc) is 2.33. The Labute approximate surface area is 116 Å². The van der Waals surface area contributed by atoms with Crippen LogP contribution in [0.2, 0.25) is 0 Å². The Balaban J connectivity index is 2.83. The molecule has 0 aliphatic heterocycles. The van der Waals surface area contributed by atoms with Gasteiger partial charge < -0.3 is 4.74 Å². The average molecular weight is 285 g/mol. The second kappa shape index (κ2) is 6.91. The number of rotatable bonds is 7. The summed E-state index contributed by atoms with van der Waals surface area (Å²) in [6.45, 7) is 6.20. The number of methoxy groups -OCH3 is 1. The van der Waals surface area contributed by atoms with Gasteiger partial charge in [-0.05, 0) is 25.8 Å². The molecule has 19 heavy (non-hydrogen) atoms. The van der Waals surface area contributed by atoms with Crippen molar-refractivity contribution in [1.82, 2.24) is 4.72 Å². The first-order valence-electron chi connectivity index (χ1n) is 6.51. The third-order valence-electron chi connectivity index (χ3n) is 2.95. The molecule has 5 heteroatoms. The topological polar surface area (TPSA) is 55.4 Å². The van der Waals surface area contributed by atoms with Gasteiger partial charge in [0.15, 0.2) is 0 Å². The minimum atomic E-state index is -3.20. The summed E-state index contributed by atoms with van der Waals surface area (Å²) < 4.78 is 31.5. The highest BCUT2D eigenvalue weighted by atomic mass is 32.2. The molecule has 0 aromatic heterocycles. The summed E-state index contributed by atoms with van der Waals surface area (Å²) in [7, 11) is -1.59. The first kappa shape index (κ1) is 16.0. The summed E-state index contributed by atoms with van der Waals surface area (Å²) in [5, 5.41) is 0. The Kier molecular flexibility index (Phi) is 5.82. The summed E-state index contributed by atoms with van der Waals surface area (Å²) >= 11 is 0. The maximum absolute atomic E-state index is 11.8. The molecule has 0 spiro atoms. The molecule has 0 fully saturated rings. The smallest absolute Gasteiger partial charge is 0.211 e. The molecule has 0 saturated carbocycles. The molecule has 0 radical (unpaired) electrons. The molecule has 4 nitrogen and oxygen atoms in total. The van der Waals surface area contributed by atoms with Crippen molar-refractivity contribution in [3.63, 3.8) is 0 Å². The molecule has 108 valence electrons. The monoisotopic (exact) mass is 285 g/mol. The van der Waals surface area contributed by atoms with Crippen LogP contribution in [0.1, 0.15) is 36.5 Å². The van der Waals surface area contributed by atoms with Crippen LogP contribution in [0.3, 0.4) is 0 Å². The Morgan fingerprint density at radius 2 is 1.95 bits per heavy atom. The lowest BCUT2D eigenvalue weighted by molar-refractivity contribution is 0.406. The van der Waals surface area contributed by atoms with Crippen LogP contribution in [0.25, 0.3) is 0 Å². The van der Waals surface area contributed by atoms with Gasteiger partial charge in [-0.25, -0.2) is 13.1 Å². The molecular weight excluding hydrogens is 262 g/mol. The Morgan fingerprint density at radius 3 is 2.53 bits per heavy atom. The van der Waals surface area contributed by atoms with Crippen LogP contribution in [0.15, 0.2) is 12.1 Å². The highest BCUT2D eigenvalue weighted by Gasteiger charge is 2.12. The SMILES string of the molecule is CCCCS(=O)(=O)NCc1cc(C)cc(C)c1OC. The van der Waals surface area contributed by atoms with Gasteiger partial charge >= 0.3 is 0 Å². The maximum atomic E-state index is 11.8. The van der Waals surface area contributed by atoms with Crippen molar-refractivity contribution in [3.8, 4) is 5.75 Å². The van der Waals surface area contributed by atoms with E-state index >= 15 is 0 Å². The van der Waals surface area contributed by atoms with Crippen molar-refractivity contribution < 1.29 is 13.2 Å².